The van der Waals surface area contributed by atoms with E-state index in [2.05, 4.69) is 10.0 Å². The van der Waals surface area contributed by atoms with E-state index in [4.69, 9.17) is 0 Å². The van der Waals surface area contributed by atoms with E-state index in [1.165, 1.54) is 16.2 Å². The van der Waals surface area contributed by atoms with Crippen LogP contribution >= 0.6 is 11.3 Å². The number of nitrogens with zero attached hydrogens (tertiary/aromatic N) is 1. The van der Waals surface area contributed by atoms with Crippen molar-refractivity contribution in [1.82, 2.24) is 14.9 Å². The zero-order chi connectivity index (χ0) is 23.8. The molecular formula is C23H30FN3O4S2. The van der Waals surface area contributed by atoms with Gasteiger partial charge in [0.25, 0.3) is 0 Å². The molecule has 10 heteroatoms. The van der Waals surface area contributed by atoms with Crippen molar-refractivity contribution >= 4 is 33.2 Å². The first-order valence-corrected chi connectivity index (χ1v) is 13.5. The van der Waals surface area contributed by atoms with E-state index in [0.717, 1.165) is 54.8 Å². The number of amides is 2. The fourth-order valence-electron chi connectivity index (χ4n) is 3.97. The second-order valence-corrected chi connectivity index (χ2v) is 11.0. The van der Waals surface area contributed by atoms with Crippen molar-refractivity contribution in [1.29, 1.82) is 0 Å². The average molecular weight is 496 g/mol. The summed E-state index contributed by atoms with van der Waals surface area (Å²) in [6, 6.07) is 7.54. The van der Waals surface area contributed by atoms with Gasteiger partial charge in [0.1, 0.15) is 11.9 Å². The van der Waals surface area contributed by atoms with Crippen molar-refractivity contribution < 1.29 is 22.4 Å². The second-order valence-electron chi connectivity index (χ2n) is 8.17. The molecule has 0 spiro atoms. The summed E-state index contributed by atoms with van der Waals surface area (Å²) in [4.78, 5) is 28.6. The smallest absolute Gasteiger partial charge is 0.243 e. The van der Waals surface area contributed by atoms with Crippen LogP contribution in [0.2, 0.25) is 0 Å². The molecule has 1 fully saturated rings. The van der Waals surface area contributed by atoms with Crippen LogP contribution in [-0.4, -0.2) is 43.8 Å². The predicted molar refractivity (Wildman–Crippen MR) is 126 cm³/mol. The lowest BCUT2D eigenvalue weighted by Crippen LogP contribution is -2.53. The molecule has 2 N–H and O–H groups in total. The van der Waals surface area contributed by atoms with Gasteiger partial charge in [-0.1, -0.05) is 32.3 Å². The van der Waals surface area contributed by atoms with Crippen LogP contribution in [0.5, 0.6) is 0 Å². The normalized spacial score (nSPS) is 15.3. The summed E-state index contributed by atoms with van der Waals surface area (Å²) in [5.74, 6) is -1.24. The van der Waals surface area contributed by atoms with Crippen LogP contribution in [0, 0.1) is 5.82 Å². The number of halogens is 1. The third-order valence-electron chi connectivity index (χ3n) is 5.71. The number of thiophene rings is 1. The SMILES string of the molecule is CCCC(C(=O)NC1CCCC1)N(Cc1cccs1)C(=O)CNS(=O)(=O)c1ccc(F)cc1. The standard InChI is InChI=1S/C23H30FN3O4S2/c1-2-6-21(23(29)26-18-7-3-4-8-18)27(16-19-9-5-14-32-19)22(28)15-25-33(30,31)20-12-10-17(24)11-13-20/h5,9-14,18,21,25H,2-4,6-8,15-16H2,1H3,(H,26,29). The van der Waals surface area contributed by atoms with Crippen LogP contribution in [-0.2, 0) is 26.2 Å². The fraction of sp³-hybridized carbons (Fsp3) is 0.478. The van der Waals surface area contributed by atoms with Gasteiger partial charge in [0.2, 0.25) is 21.8 Å². The molecule has 0 saturated heterocycles. The van der Waals surface area contributed by atoms with Crippen LogP contribution in [0.1, 0.15) is 50.3 Å². The summed E-state index contributed by atoms with van der Waals surface area (Å²) in [7, 11) is -4.01. The summed E-state index contributed by atoms with van der Waals surface area (Å²) >= 11 is 1.47. The quantitative estimate of drug-likeness (QED) is 0.499. The predicted octanol–water partition coefficient (Wildman–Crippen LogP) is 3.42. The fourth-order valence-corrected chi connectivity index (χ4v) is 5.64. The van der Waals surface area contributed by atoms with Crippen LogP contribution in [0.15, 0.2) is 46.7 Å². The molecule has 7 nitrogen and oxygen atoms in total. The topological polar surface area (TPSA) is 95.6 Å². The van der Waals surface area contributed by atoms with Gasteiger partial charge in [-0.15, -0.1) is 11.3 Å². The summed E-state index contributed by atoms with van der Waals surface area (Å²) in [6.07, 6.45) is 5.18. The van der Waals surface area contributed by atoms with Gasteiger partial charge < -0.3 is 10.2 Å². The zero-order valence-corrected chi connectivity index (χ0v) is 20.3. The Labute approximate surface area is 198 Å². The summed E-state index contributed by atoms with van der Waals surface area (Å²) in [6.45, 7) is 1.67. The van der Waals surface area contributed by atoms with Gasteiger partial charge in [-0.3, -0.25) is 9.59 Å². The third-order valence-corrected chi connectivity index (χ3v) is 7.98. The maximum Gasteiger partial charge on any atom is 0.243 e. The first-order valence-electron chi connectivity index (χ1n) is 11.2. The number of carbonyl (C=O) groups excluding carboxylic acids is 2. The Morgan fingerprint density at radius 3 is 2.48 bits per heavy atom. The molecule has 2 aromatic rings. The van der Waals surface area contributed by atoms with E-state index >= 15 is 0 Å². The van der Waals surface area contributed by atoms with E-state index in [0.29, 0.717) is 12.8 Å². The Kier molecular flexibility index (Phi) is 8.99. The van der Waals surface area contributed by atoms with Crippen LogP contribution < -0.4 is 10.0 Å². The number of benzene rings is 1. The van der Waals surface area contributed by atoms with Gasteiger partial charge in [0.05, 0.1) is 18.0 Å². The highest BCUT2D eigenvalue weighted by molar-refractivity contribution is 7.89. The number of carbonyl (C=O) groups is 2. The Bertz CT molecular complexity index is 1020. The van der Waals surface area contributed by atoms with Gasteiger partial charge in [-0.25, -0.2) is 17.5 Å². The molecule has 1 aromatic carbocycles. The van der Waals surface area contributed by atoms with E-state index in [1.54, 1.807) is 0 Å². The average Bonchev–Trinajstić information content (AvgIpc) is 3.49. The van der Waals surface area contributed by atoms with Crippen LogP contribution in [0.3, 0.4) is 0 Å². The number of rotatable bonds is 11. The van der Waals surface area contributed by atoms with Crippen molar-refractivity contribution in [2.75, 3.05) is 6.54 Å². The van der Waals surface area contributed by atoms with Crippen molar-refractivity contribution in [2.45, 2.75) is 69.0 Å². The van der Waals surface area contributed by atoms with E-state index in [-0.39, 0.29) is 23.4 Å². The Morgan fingerprint density at radius 1 is 1.18 bits per heavy atom. The molecule has 0 aliphatic heterocycles. The summed E-state index contributed by atoms with van der Waals surface area (Å²) in [5.41, 5.74) is 0. The molecule has 1 heterocycles. The molecule has 33 heavy (non-hydrogen) atoms. The minimum absolute atomic E-state index is 0.118. The minimum atomic E-state index is -4.01. The molecule has 1 aliphatic carbocycles. The van der Waals surface area contributed by atoms with Gasteiger partial charge in [-0.2, -0.15) is 0 Å². The van der Waals surface area contributed by atoms with E-state index in [9.17, 15) is 22.4 Å². The molecular weight excluding hydrogens is 465 g/mol. The second kappa shape index (κ2) is 11.7. The Balaban J connectivity index is 1.76. The van der Waals surface area contributed by atoms with Gasteiger partial charge >= 0.3 is 0 Å². The zero-order valence-electron chi connectivity index (χ0n) is 18.6. The molecule has 1 atom stereocenters. The van der Waals surface area contributed by atoms with Gasteiger partial charge in [0.15, 0.2) is 0 Å². The molecule has 1 aliphatic rings. The molecule has 1 unspecified atom stereocenters. The molecule has 0 bridgehead atoms. The highest BCUT2D eigenvalue weighted by Crippen LogP contribution is 2.21. The largest absolute Gasteiger partial charge is 0.352 e. The highest BCUT2D eigenvalue weighted by Gasteiger charge is 2.32. The number of hydrogen-bond acceptors (Lipinski definition) is 5. The summed E-state index contributed by atoms with van der Waals surface area (Å²) in [5, 5.41) is 4.97. The Hall–Kier alpha value is -2.30. The van der Waals surface area contributed by atoms with Crippen LogP contribution in [0.25, 0.3) is 0 Å². The molecule has 0 radical (unpaired) electrons. The maximum absolute atomic E-state index is 13.2. The monoisotopic (exact) mass is 495 g/mol. The van der Waals surface area contributed by atoms with Crippen molar-refractivity contribution in [3.05, 3.63) is 52.5 Å². The van der Waals surface area contributed by atoms with Crippen molar-refractivity contribution in [3.63, 3.8) is 0 Å². The number of hydrogen-bond donors (Lipinski definition) is 2. The van der Waals surface area contributed by atoms with Crippen LogP contribution in [0.4, 0.5) is 4.39 Å². The third kappa shape index (κ3) is 7.09. The number of sulfonamides is 1. The Morgan fingerprint density at radius 2 is 1.88 bits per heavy atom. The van der Waals surface area contributed by atoms with E-state index < -0.39 is 34.3 Å². The van der Waals surface area contributed by atoms with Gasteiger partial charge in [0, 0.05) is 10.9 Å². The maximum atomic E-state index is 13.2. The molecule has 2 amide bonds. The lowest BCUT2D eigenvalue weighted by atomic mass is 10.1. The molecule has 180 valence electrons. The lowest BCUT2D eigenvalue weighted by molar-refractivity contribution is -0.141. The van der Waals surface area contributed by atoms with Gasteiger partial charge in [-0.05, 0) is 55.0 Å². The van der Waals surface area contributed by atoms with E-state index in [1.807, 2.05) is 24.4 Å². The summed E-state index contributed by atoms with van der Waals surface area (Å²) < 4.78 is 40.6. The first kappa shape index (κ1) is 25.3. The van der Waals surface area contributed by atoms with Crippen molar-refractivity contribution in [3.8, 4) is 0 Å². The highest BCUT2D eigenvalue weighted by atomic mass is 32.2. The molecule has 1 aromatic heterocycles. The lowest BCUT2D eigenvalue weighted by Gasteiger charge is -2.31. The molecule has 1 saturated carbocycles. The number of nitrogens with one attached hydrogen (secondary N) is 2. The molecule has 3 rings (SSSR count). The van der Waals surface area contributed by atoms with Crippen molar-refractivity contribution in [2.24, 2.45) is 0 Å². The first-order chi connectivity index (χ1) is 15.8. The minimum Gasteiger partial charge on any atom is -0.352 e.